The molecule has 1 aromatic carbocycles. The summed E-state index contributed by atoms with van der Waals surface area (Å²) in [5, 5.41) is 20.6. The van der Waals surface area contributed by atoms with Gasteiger partial charge in [-0.2, -0.15) is 0 Å². The summed E-state index contributed by atoms with van der Waals surface area (Å²) in [5.41, 5.74) is 2.42. The Morgan fingerprint density at radius 3 is 2.28 bits per heavy atom. The predicted molar refractivity (Wildman–Crippen MR) is 72.0 cm³/mol. The van der Waals surface area contributed by atoms with Gasteiger partial charge in [-0.3, -0.25) is 10.1 Å². The lowest BCUT2D eigenvalue weighted by Crippen LogP contribution is -2.02. The number of aryl methyl sites for hydroxylation is 2. The summed E-state index contributed by atoms with van der Waals surface area (Å²) in [7, 11) is 0. The molecule has 0 saturated carbocycles. The van der Waals surface area contributed by atoms with E-state index >= 15 is 0 Å². The van der Waals surface area contributed by atoms with E-state index in [2.05, 4.69) is 0 Å². The van der Waals surface area contributed by atoms with Crippen molar-refractivity contribution in [3.8, 4) is 5.75 Å². The van der Waals surface area contributed by atoms with Crippen molar-refractivity contribution in [3.05, 3.63) is 44.6 Å². The zero-order valence-electron chi connectivity index (χ0n) is 11.2. The number of nitro groups is 1. The number of benzene rings is 1. The molecule has 0 saturated heterocycles. The minimum Gasteiger partial charge on any atom is -0.507 e. The first kappa shape index (κ1) is 14.2. The van der Waals surface area contributed by atoms with E-state index < -0.39 is 0 Å². The summed E-state index contributed by atoms with van der Waals surface area (Å²) in [4.78, 5) is 10.6. The van der Waals surface area contributed by atoms with Gasteiger partial charge in [-0.1, -0.05) is 13.8 Å². The molecule has 4 nitrogen and oxygen atoms in total. The van der Waals surface area contributed by atoms with E-state index in [1.54, 1.807) is 32.1 Å². The second-order valence-electron chi connectivity index (χ2n) is 4.99. The Morgan fingerprint density at radius 2 is 1.89 bits per heavy atom. The molecule has 0 atom stereocenters. The van der Waals surface area contributed by atoms with Crippen LogP contribution in [-0.2, 0) is 0 Å². The zero-order valence-corrected chi connectivity index (χ0v) is 11.2. The smallest absolute Gasteiger partial charge is 0.247 e. The molecule has 0 spiro atoms. The monoisotopic (exact) mass is 249 g/mol. The van der Waals surface area contributed by atoms with E-state index in [1.807, 2.05) is 13.8 Å². The Bertz CT molecular complexity index is 467. The Balaban J connectivity index is 3.16. The van der Waals surface area contributed by atoms with Gasteiger partial charge >= 0.3 is 0 Å². The standard InChI is InChI=1S/C14H19NO3/c1-9(2)5-13(15(17)18)8-12-6-10(3)14(16)11(4)7-12/h6-9,16H,5H2,1-4H3/b13-8+. The third-order valence-electron chi connectivity index (χ3n) is 2.70. The summed E-state index contributed by atoms with van der Waals surface area (Å²) in [6.45, 7) is 7.47. The third kappa shape index (κ3) is 3.58. The maximum atomic E-state index is 11.0. The molecule has 0 aliphatic carbocycles. The fourth-order valence-electron chi connectivity index (χ4n) is 1.87. The Kier molecular flexibility index (Phi) is 4.48. The van der Waals surface area contributed by atoms with Crippen molar-refractivity contribution in [1.29, 1.82) is 0 Å². The Morgan fingerprint density at radius 1 is 1.39 bits per heavy atom. The lowest BCUT2D eigenvalue weighted by Gasteiger charge is -2.06. The first-order chi connectivity index (χ1) is 8.31. The molecular formula is C14H19NO3. The van der Waals surface area contributed by atoms with Crippen LogP contribution in [0.3, 0.4) is 0 Å². The number of aromatic hydroxyl groups is 1. The van der Waals surface area contributed by atoms with Crippen molar-refractivity contribution in [3.63, 3.8) is 0 Å². The summed E-state index contributed by atoms with van der Waals surface area (Å²) in [6.07, 6.45) is 2.02. The van der Waals surface area contributed by atoms with Crippen LogP contribution >= 0.6 is 0 Å². The van der Waals surface area contributed by atoms with Gasteiger partial charge in [0.15, 0.2) is 0 Å². The lowest BCUT2D eigenvalue weighted by atomic mass is 10.0. The fraction of sp³-hybridized carbons (Fsp3) is 0.429. The van der Waals surface area contributed by atoms with Gasteiger partial charge < -0.3 is 5.11 Å². The van der Waals surface area contributed by atoms with Crippen molar-refractivity contribution >= 4 is 6.08 Å². The van der Waals surface area contributed by atoms with Crippen LogP contribution < -0.4 is 0 Å². The molecule has 1 aromatic rings. The highest BCUT2D eigenvalue weighted by molar-refractivity contribution is 5.56. The predicted octanol–water partition coefficient (Wildman–Crippen LogP) is 3.67. The van der Waals surface area contributed by atoms with Crippen LogP contribution in [0.5, 0.6) is 5.75 Å². The molecule has 0 bridgehead atoms. The number of rotatable bonds is 4. The number of allylic oxidation sites excluding steroid dienone is 1. The molecule has 1 N–H and O–H groups in total. The van der Waals surface area contributed by atoms with Crippen LogP contribution in [0.25, 0.3) is 6.08 Å². The van der Waals surface area contributed by atoms with Crippen molar-refractivity contribution in [2.24, 2.45) is 5.92 Å². The molecular weight excluding hydrogens is 230 g/mol. The van der Waals surface area contributed by atoms with Crippen LogP contribution in [0.15, 0.2) is 17.8 Å². The normalized spacial score (nSPS) is 11.9. The van der Waals surface area contributed by atoms with Gasteiger partial charge in [-0.25, -0.2) is 0 Å². The van der Waals surface area contributed by atoms with Crippen LogP contribution in [0, 0.1) is 29.9 Å². The van der Waals surface area contributed by atoms with Gasteiger partial charge in [0.25, 0.3) is 0 Å². The van der Waals surface area contributed by atoms with Gasteiger partial charge in [0, 0.05) is 12.5 Å². The first-order valence-electron chi connectivity index (χ1n) is 5.96. The largest absolute Gasteiger partial charge is 0.507 e. The first-order valence-corrected chi connectivity index (χ1v) is 5.96. The molecule has 1 rings (SSSR count). The van der Waals surface area contributed by atoms with E-state index in [4.69, 9.17) is 0 Å². The second-order valence-corrected chi connectivity index (χ2v) is 4.99. The SMILES string of the molecule is Cc1cc(/C=C(\CC(C)C)[N+](=O)[O-])cc(C)c1O. The zero-order chi connectivity index (χ0) is 13.9. The summed E-state index contributed by atoms with van der Waals surface area (Å²) < 4.78 is 0. The molecule has 4 heteroatoms. The van der Waals surface area contributed by atoms with Crippen molar-refractivity contribution < 1.29 is 10.0 Å². The Labute approximate surface area is 107 Å². The quantitative estimate of drug-likeness (QED) is 0.654. The van der Waals surface area contributed by atoms with Gasteiger partial charge in [0.2, 0.25) is 5.70 Å². The molecule has 0 aliphatic rings. The second kappa shape index (κ2) is 5.67. The molecule has 0 fully saturated rings. The van der Waals surface area contributed by atoms with Crippen LogP contribution in [0.1, 0.15) is 37.0 Å². The third-order valence-corrected chi connectivity index (χ3v) is 2.70. The van der Waals surface area contributed by atoms with Gasteiger partial charge in [-0.05, 0) is 48.6 Å². The summed E-state index contributed by atoms with van der Waals surface area (Å²) in [6, 6.07) is 3.51. The van der Waals surface area contributed by atoms with Gasteiger partial charge in [0.1, 0.15) is 5.75 Å². The molecule has 18 heavy (non-hydrogen) atoms. The van der Waals surface area contributed by atoms with Crippen molar-refractivity contribution in [1.82, 2.24) is 0 Å². The van der Waals surface area contributed by atoms with E-state index in [1.165, 1.54) is 0 Å². The number of phenolic OH excluding ortho intramolecular Hbond substituents is 1. The van der Waals surface area contributed by atoms with Gasteiger partial charge in [-0.15, -0.1) is 0 Å². The summed E-state index contributed by atoms with van der Waals surface area (Å²) >= 11 is 0. The Hall–Kier alpha value is -1.84. The molecule has 0 amide bonds. The summed E-state index contributed by atoms with van der Waals surface area (Å²) in [5.74, 6) is 0.486. The van der Waals surface area contributed by atoms with Crippen molar-refractivity contribution in [2.45, 2.75) is 34.1 Å². The number of phenols is 1. The fourth-order valence-corrected chi connectivity index (χ4v) is 1.87. The molecule has 0 unspecified atom stereocenters. The highest BCUT2D eigenvalue weighted by Gasteiger charge is 2.13. The number of nitrogens with zero attached hydrogens (tertiary/aromatic N) is 1. The molecule has 0 aliphatic heterocycles. The highest BCUT2D eigenvalue weighted by Crippen LogP contribution is 2.25. The highest BCUT2D eigenvalue weighted by atomic mass is 16.6. The van der Waals surface area contributed by atoms with Crippen LogP contribution in [-0.4, -0.2) is 10.0 Å². The topological polar surface area (TPSA) is 63.4 Å². The van der Waals surface area contributed by atoms with E-state index in [-0.39, 0.29) is 22.3 Å². The van der Waals surface area contributed by atoms with E-state index in [0.717, 1.165) is 16.7 Å². The molecule has 0 radical (unpaired) electrons. The average Bonchev–Trinajstić information content (AvgIpc) is 2.24. The maximum absolute atomic E-state index is 11.0. The van der Waals surface area contributed by atoms with Gasteiger partial charge in [0.05, 0.1) is 4.92 Å². The number of hydrogen-bond donors (Lipinski definition) is 1. The van der Waals surface area contributed by atoms with E-state index in [9.17, 15) is 15.2 Å². The average molecular weight is 249 g/mol. The maximum Gasteiger partial charge on any atom is 0.247 e. The number of hydrogen-bond acceptors (Lipinski definition) is 3. The molecule has 0 aromatic heterocycles. The molecule has 0 heterocycles. The van der Waals surface area contributed by atoms with E-state index in [0.29, 0.717) is 6.42 Å². The lowest BCUT2D eigenvalue weighted by molar-refractivity contribution is -0.427. The molecule has 98 valence electrons. The van der Waals surface area contributed by atoms with Crippen molar-refractivity contribution in [2.75, 3.05) is 0 Å². The van der Waals surface area contributed by atoms with Crippen LogP contribution in [0.4, 0.5) is 0 Å². The minimum atomic E-state index is -0.336. The van der Waals surface area contributed by atoms with Crippen LogP contribution in [0.2, 0.25) is 0 Å². The minimum absolute atomic E-state index is 0.203.